The van der Waals surface area contributed by atoms with Gasteiger partial charge in [0.1, 0.15) is 5.82 Å². The first-order chi connectivity index (χ1) is 12.3. The van der Waals surface area contributed by atoms with Crippen LogP contribution in [0.2, 0.25) is 0 Å². The molecule has 1 saturated carbocycles. The van der Waals surface area contributed by atoms with Gasteiger partial charge in [-0.3, -0.25) is 4.90 Å². The lowest BCUT2D eigenvalue weighted by atomic mass is 9.71. The molecule has 0 amide bonds. The lowest BCUT2D eigenvalue weighted by Gasteiger charge is -2.41. The zero-order valence-corrected chi connectivity index (χ0v) is 16.4. The van der Waals surface area contributed by atoms with Crippen molar-refractivity contribution in [2.75, 3.05) is 31.1 Å². The molecule has 0 aromatic carbocycles. The third-order valence-electron chi connectivity index (χ3n) is 6.25. The number of nitrogens with zero attached hydrogens (tertiary/aromatic N) is 3. The summed E-state index contributed by atoms with van der Waals surface area (Å²) in [7, 11) is 0. The molecule has 3 rings (SSSR count). The maximum absolute atomic E-state index is 11.2. The van der Waals surface area contributed by atoms with Gasteiger partial charge in [-0.15, -0.1) is 0 Å². The first-order valence-electron chi connectivity index (χ1n) is 10.0. The zero-order valence-electron chi connectivity index (χ0n) is 16.4. The van der Waals surface area contributed by atoms with Crippen LogP contribution in [0.1, 0.15) is 63.4 Å². The highest BCUT2D eigenvalue weighted by atomic mass is 16.4. The van der Waals surface area contributed by atoms with Crippen molar-refractivity contribution in [2.45, 2.75) is 58.9 Å². The maximum Gasteiger partial charge on any atom is 0.354 e. The van der Waals surface area contributed by atoms with E-state index in [1.54, 1.807) is 12.1 Å². The first kappa shape index (κ1) is 19.2. The van der Waals surface area contributed by atoms with Crippen LogP contribution in [0.15, 0.2) is 18.2 Å². The average molecular weight is 360 g/mol. The van der Waals surface area contributed by atoms with E-state index in [0.717, 1.165) is 44.3 Å². The number of hydrogen-bond donors (Lipinski definition) is 1. The predicted octanol–water partition coefficient (Wildman–Crippen LogP) is 3.90. The monoisotopic (exact) mass is 359 g/mol. The minimum atomic E-state index is -0.959. The molecule has 5 heteroatoms. The zero-order chi connectivity index (χ0) is 18.7. The van der Waals surface area contributed by atoms with Crippen molar-refractivity contribution >= 4 is 11.8 Å². The Morgan fingerprint density at radius 1 is 1.08 bits per heavy atom. The summed E-state index contributed by atoms with van der Waals surface area (Å²) in [6, 6.07) is 5.99. The molecule has 0 unspecified atom stereocenters. The van der Waals surface area contributed by atoms with Crippen molar-refractivity contribution in [1.82, 2.24) is 9.88 Å². The van der Waals surface area contributed by atoms with Crippen molar-refractivity contribution in [1.29, 1.82) is 0 Å². The predicted molar refractivity (Wildman–Crippen MR) is 105 cm³/mol. The Labute approximate surface area is 157 Å². The number of rotatable bonds is 3. The van der Waals surface area contributed by atoms with Gasteiger partial charge in [0.2, 0.25) is 0 Å². The molecule has 0 radical (unpaired) electrons. The molecule has 0 spiro atoms. The fraction of sp³-hybridized carbons (Fsp3) is 0.714. The number of carboxylic acid groups (broad SMARTS) is 1. The summed E-state index contributed by atoms with van der Waals surface area (Å²) in [6.07, 6.45) is 6.43. The highest BCUT2D eigenvalue weighted by Crippen LogP contribution is 2.39. The second-order valence-corrected chi connectivity index (χ2v) is 8.93. The van der Waals surface area contributed by atoms with Crippen LogP contribution < -0.4 is 4.90 Å². The summed E-state index contributed by atoms with van der Waals surface area (Å²) >= 11 is 0. The third-order valence-corrected chi connectivity index (χ3v) is 6.25. The summed E-state index contributed by atoms with van der Waals surface area (Å²) in [5, 5.41) is 9.16. The molecular weight excluding hydrogens is 326 g/mol. The van der Waals surface area contributed by atoms with Gasteiger partial charge < -0.3 is 10.0 Å². The Morgan fingerprint density at radius 2 is 1.81 bits per heavy atom. The van der Waals surface area contributed by atoms with Gasteiger partial charge in [-0.1, -0.05) is 26.8 Å². The molecule has 26 heavy (non-hydrogen) atoms. The summed E-state index contributed by atoms with van der Waals surface area (Å²) in [6.45, 7) is 11.2. The number of aromatic carboxylic acids is 1. The second-order valence-electron chi connectivity index (χ2n) is 8.93. The van der Waals surface area contributed by atoms with E-state index >= 15 is 0 Å². The molecule has 1 saturated heterocycles. The Kier molecular flexibility index (Phi) is 5.86. The van der Waals surface area contributed by atoms with Gasteiger partial charge in [0.25, 0.3) is 0 Å². The number of hydrogen-bond acceptors (Lipinski definition) is 4. The van der Waals surface area contributed by atoms with E-state index < -0.39 is 5.97 Å². The summed E-state index contributed by atoms with van der Waals surface area (Å²) < 4.78 is 0. The van der Waals surface area contributed by atoms with E-state index in [0.29, 0.717) is 11.5 Å². The van der Waals surface area contributed by atoms with E-state index in [9.17, 15) is 4.79 Å². The fourth-order valence-electron chi connectivity index (χ4n) is 4.56. The van der Waals surface area contributed by atoms with Gasteiger partial charge in [-0.05, 0) is 55.6 Å². The molecule has 1 aromatic heterocycles. The van der Waals surface area contributed by atoms with E-state index in [4.69, 9.17) is 5.11 Å². The van der Waals surface area contributed by atoms with Crippen LogP contribution in [0, 0.1) is 11.3 Å². The van der Waals surface area contributed by atoms with Gasteiger partial charge in [0.05, 0.1) is 0 Å². The van der Waals surface area contributed by atoms with Gasteiger partial charge in [0.15, 0.2) is 5.69 Å². The van der Waals surface area contributed by atoms with E-state index in [1.165, 1.54) is 25.7 Å². The van der Waals surface area contributed by atoms with Gasteiger partial charge >= 0.3 is 5.97 Å². The minimum absolute atomic E-state index is 0.129. The normalized spacial score (nSPS) is 25.7. The smallest absolute Gasteiger partial charge is 0.354 e. The number of carboxylic acids is 1. The van der Waals surface area contributed by atoms with Crippen LogP contribution in [-0.4, -0.2) is 53.2 Å². The molecule has 1 aromatic rings. The Bertz CT molecular complexity index is 618. The largest absolute Gasteiger partial charge is 0.477 e. The molecule has 1 aliphatic heterocycles. The fourth-order valence-corrected chi connectivity index (χ4v) is 4.56. The molecule has 2 aliphatic rings. The lowest BCUT2D eigenvalue weighted by Crippen LogP contribution is -2.42. The topological polar surface area (TPSA) is 56.7 Å². The molecule has 144 valence electrons. The second kappa shape index (κ2) is 7.95. The molecule has 2 fully saturated rings. The third kappa shape index (κ3) is 4.56. The van der Waals surface area contributed by atoms with E-state index in [-0.39, 0.29) is 5.69 Å². The molecule has 1 N–H and O–H groups in total. The van der Waals surface area contributed by atoms with Gasteiger partial charge in [-0.2, -0.15) is 0 Å². The SMILES string of the molecule is CC(C)(C)C1CCC(N2CCCN(c3cccc(C(=O)O)n3)CC2)CC1. The Balaban J connectivity index is 1.57. The van der Waals surface area contributed by atoms with Crippen molar-refractivity contribution in [2.24, 2.45) is 11.3 Å². The summed E-state index contributed by atoms with van der Waals surface area (Å²) in [5.41, 5.74) is 0.561. The van der Waals surface area contributed by atoms with E-state index in [1.807, 2.05) is 6.07 Å². The van der Waals surface area contributed by atoms with Gasteiger partial charge in [0, 0.05) is 32.2 Å². The highest BCUT2D eigenvalue weighted by molar-refractivity contribution is 5.85. The Hall–Kier alpha value is -1.62. The maximum atomic E-state index is 11.2. The van der Waals surface area contributed by atoms with Crippen LogP contribution >= 0.6 is 0 Å². The van der Waals surface area contributed by atoms with Crippen LogP contribution in [0.4, 0.5) is 5.82 Å². The Morgan fingerprint density at radius 3 is 2.46 bits per heavy atom. The summed E-state index contributed by atoms with van der Waals surface area (Å²) in [5.74, 6) is 0.687. The lowest BCUT2D eigenvalue weighted by molar-refractivity contribution is 0.0690. The van der Waals surface area contributed by atoms with Crippen molar-refractivity contribution in [3.8, 4) is 0 Å². The van der Waals surface area contributed by atoms with Crippen molar-refractivity contribution in [3.05, 3.63) is 23.9 Å². The van der Waals surface area contributed by atoms with Crippen LogP contribution in [0.25, 0.3) is 0 Å². The quantitative estimate of drug-likeness (QED) is 0.887. The van der Waals surface area contributed by atoms with Gasteiger partial charge in [-0.25, -0.2) is 9.78 Å². The number of pyridine rings is 1. The minimum Gasteiger partial charge on any atom is -0.477 e. The number of anilines is 1. The summed E-state index contributed by atoms with van der Waals surface area (Å²) in [4.78, 5) is 20.4. The average Bonchev–Trinajstić information content (AvgIpc) is 2.87. The molecule has 1 aliphatic carbocycles. The molecule has 5 nitrogen and oxygen atoms in total. The van der Waals surface area contributed by atoms with Crippen molar-refractivity contribution in [3.63, 3.8) is 0 Å². The van der Waals surface area contributed by atoms with E-state index in [2.05, 4.69) is 35.6 Å². The van der Waals surface area contributed by atoms with Crippen molar-refractivity contribution < 1.29 is 9.90 Å². The number of aromatic nitrogens is 1. The highest BCUT2D eigenvalue weighted by Gasteiger charge is 2.32. The molecule has 0 atom stereocenters. The van der Waals surface area contributed by atoms with Crippen LogP contribution in [0.5, 0.6) is 0 Å². The molecular formula is C21H33N3O2. The standard InChI is InChI=1S/C21H33N3O2/c1-21(2,3)16-8-10-17(11-9-16)23-12-5-13-24(15-14-23)19-7-4-6-18(22-19)20(25)26/h4,6-7,16-17H,5,8-15H2,1-3H3,(H,25,26). The number of carbonyl (C=O) groups is 1. The van der Waals surface area contributed by atoms with Crippen LogP contribution in [0.3, 0.4) is 0 Å². The molecule has 2 heterocycles. The first-order valence-corrected chi connectivity index (χ1v) is 10.0. The van der Waals surface area contributed by atoms with Crippen LogP contribution in [-0.2, 0) is 0 Å². The molecule has 0 bridgehead atoms.